The zero-order valence-corrected chi connectivity index (χ0v) is 16.1. The Morgan fingerprint density at radius 1 is 0.536 bits per heavy atom. The number of aliphatic hydroxyl groups excluding tert-OH is 2. The van der Waals surface area contributed by atoms with Gasteiger partial charge in [0.1, 0.15) is 11.5 Å². The fourth-order valence-corrected chi connectivity index (χ4v) is 3.00. The van der Waals surface area contributed by atoms with E-state index in [1.165, 1.54) is 0 Å². The van der Waals surface area contributed by atoms with E-state index in [4.69, 9.17) is 19.7 Å². The number of hydrogen-bond donors (Lipinski definition) is 2. The lowest BCUT2D eigenvalue weighted by Gasteiger charge is -2.03. The topological polar surface area (TPSA) is 58.9 Å². The van der Waals surface area contributed by atoms with Gasteiger partial charge in [0.25, 0.3) is 0 Å². The Morgan fingerprint density at radius 2 is 0.893 bits per heavy atom. The van der Waals surface area contributed by atoms with Crippen molar-refractivity contribution in [3.63, 3.8) is 0 Å². The summed E-state index contributed by atoms with van der Waals surface area (Å²) in [4.78, 5) is 0. The SMILES string of the molecule is COc1ccc2cc(CO)ccc2c1.COc1ccc2cc(CO)ccc2c1. The Hall–Kier alpha value is -3.08. The van der Waals surface area contributed by atoms with Gasteiger partial charge in [-0.1, -0.05) is 36.4 Å². The van der Waals surface area contributed by atoms with E-state index in [2.05, 4.69) is 0 Å². The Bertz CT molecular complexity index is 899. The molecule has 0 aromatic heterocycles. The predicted octanol–water partition coefficient (Wildman–Crippen LogP) is 4.68. The normalized spacial score (nSPS) is 10.4. The molecule has 4 rings (SSSR count). The number of benzene rings is 4. The van der Waals surface area contributed by atoms with Crippen molar-refractivity contribution in [1.82, 2.24) is 0 Å². The van der Waals surface area contributed by atoms with E-state index in [1.807, 2.05) is 72.8 Å². The lowest BCUT2D eigenvalue weighted by molar-refractivity contribution is 0.282. The van der Waals surface area contributed by atoms with Crippen LogP contribution in [-0.2, 0) is 13.2 Å². The van der Waals surface area contributed by atoms with Gasteiger partial charge < -0.3 is 19.7 Å². The molecule has 144 valence electrons. The van der Waals surface area contributed by atoms with Crippen LogP contribution in [0.25, 0.3) is 21.5 Å². The number of rotatable bonds is 4. The van der Waals surface area contributed by atoms with E-state index >= 15 is 0 Å². The number of methoxy groups -OCH3 is 2. The highest BCUT2D eigenvalue weighted by molar-refractivity contribution is 5.85. The first-order valence-corrected chi connectivity index (χ1v) is 9.02. The lowest BCUT2D eigenvalue weighted by atomic mass is 10.1. The van der Waals surface area contributed by atoms with Crippen molar-refractivity contribution in [2.75, 3.05) is 14.2 Å². The van der Waals surface area contributed by atoms with Gasteiger partial charge in [-0.3, -0.25) is 0 Å². The summed E-state index contributed by atoms with van der Waals surface area (Å²) in [5.74, 6) is 1.71. The van der Waals surface area contributed by atoms with Gasteiger partial charge in [-0.2, -0.15) is 0 Å². The van der Waals surface area contributed by atoms with E-state index < -0.39 is 0 Å². The molecule has 0 saturated carbocycles. The van der Waals surface area contributed by atoms with Gasteiger partial charge in [0.05, 0.1) is 27.4 Å². The average molecular weight is 376 g/mol. The molecule has 0 fully saturated rings. The van der Waals surface area contributed by atoms with Crippen LogP contribution in [0.3, 0.4) is 0 Å². The molecule has 0 radical (unpaired) electrons. The van der Waals surface area contributed by atoms with Gasteiger partial charge in [-0.05, 0) is 69.1 Å². The Labute approximate surface area is 164 Å². The van der Waals surface area contributed by atoms with Crippen LogP contribution in [-0.4, -0.2) is 24.4 Å². The van der Waals surface area contributed by atoms with Crippen LogP contribution in [0.2, 0.25) is 0 Å². The van der Waals surface area contributed by atoms with E-state index in [0.717, 1.165) is 44.2 Å². The van der Waals surface area contributed by atoms with Crippen LogP contribution < -0.4 is 9.47 Å². The molecule has 4 heteroatoms. The van der Waals surface area contributed by atoms with Gasteiger partial charge in [0.15, 0.2) is 0 Å². The first kappa shape index (κ1) is 19.7. The van der Waals surface area contributed by atoms with Gasteiger partial charge in [-0.15, -0.1) is 0 Å². The average Bonchev–Trinajstić information content (AvgIpc) is 2.77. The van der Waals surface area contributed by atoms with Crippen molar-refractivity contribution < 1.29 is 19.7 Å². The molecule has 0 aliphatic rings. The third-order valence-electron chi connectivity index (χ3n) is 4.59. The molecule has 0 bridgehead atoms. The smallest absolute Gasteiger partial charge is 0.119 e. The summed E-state index contributed by atoms with van der Waals surface area (Å²) in [7, 11) is 3.31. The first-order chi connectivity index (χ1) is 13.7. The molecule has 0 saturated heterocycles. The molecular weight excluding hydrogens is 352 g/mol. The summed E-state index contributed by atoms with van der Waals surface area (Å²) in [5, 5.41) is 22.4. The summed E-state index contributed by atoms with van der Waals surface area (Å²) in [5.41, 5.74) is 1.87. The largest absolute Gasteiger partial charge is 0.497 e. The highest BCUT2D eigenvalue weighted by Crippen LogP contribution is 2.22. The maximum absolute atomic E-state index is 8.97. The van der Waals surface area contributed by atoms with E-state index in [-0.39, 0.29) is 13.2 Å². The zero-order valence-electron chi connectivity index (χ0n) is 16.1. The number of ether oxygens (including phenoxy) is 2. The predicted molar refractivity (Wildman–Crippen MR) is 113 cm³/mol. The van der Waals surface area contributed by atoms with Crippen molar-refractivity contribution in [2.24, 2.45) is 0 Å². The van der Waals surface area contributed by atoms with Crippen molar-refractivity contribution in [2.45, 2.75) is 13.2 Å². The molecule has 4 nitrogen and oxygen atoms in total. The van der Waals surface area contributed by atoms with Crippen molar-refractivity contribution in [3.8, 4) is 11.5 Å². The van der Waals surface area contributed by atoms with Crippen molar-refractivity contribution in [1.29, 1.82) is 0 Å². The second-order valence-corrected chi connectivity index (χ2v) is 6.41. The molecule has 0 aliphatic heterocycles. The van der Waals surface area contributed by atoms with Gasteiger partial charge in [0, 0.05) is 0 Å². The Balaban J connectivity index is 0.000000161. The van der Waals surface area contributed by atoms with E-state index in [9.17, 15) is 0 Å². The summed E-state index contributed by atoms with van der Waals surface area (Å²) in [6.07, 6.45) is 0. The van der Waals surface area contributed by atoms with Gasteiger partial charge >= 0.3 is 0 Å². The second kappa shape index (κ2) is 9.22. The van der Waals surface area contributed by atoms with Crippen LogP contribution in [0.1, 0.15) is 11.1 Å². The Kier molecular flexibility index (Phi) is 6.48. The van der Waals surface area contributed by atoms with Crippen LogP contribution in [0.4, 0.5) is 0 Å². The molecule has 0 spiro atoms. The fourth-order valence-electron chi connectivity index (χ4n) is 3.00. The standard InChI is InChI=1S/2C12H12O2/c2*1-14-12-5-4-10-6-9(8-13)2-3-11(10)7-12/h2*2-7,13H,8H2,1H3. The highest BCUT2D eigenvalue weighted by Gasteiger charge is 1.98. The third-order valence-corrected chi connectivity index (χ3v) is 4.59. The number of hydrogen-bond acceptors (Lipinski definition) is 4. The van der Waals surface area contributed by atoms with Crippen molar-refractivity contribution >= 4 is 21.5 Å². The molecule has 0 aliphatic carbocycles. The summed E-state index contributed by atoms with van der Waals surface area (Å²) in [6.45, 7) is 0.171. The Morgan fingerprint density at radius 3 is 1.25 bits per heavy atom. The minimum atomic E-state index is 0.0853. The minimum absolute atomic E-state index is 0.0853. The molecule has 0 atom stereocenters. The number of aliphatic hydroxyl groups is 2. The van der Waals surface area contributed by atoms with Crippen LogP contribution in [0.15, 0.2) is 72.8 Å². The van der Waals surface area contributed by atoms with Crippen LogP contribution >= 0.6 is 0 Å². The molecule has 4 aromatic carbocycles. The molecule has 28 heavy (non-hydrogen) atoms. The van der Waals surface area contributed by atoms with Gasteiger partial charge in [-0.25, -0.2) is 0 Å². The highest BCUT2D eigenvalue weighted by atomic mass is 16.5. The second-order valence-electron chi connectivity index (χ2n) is 6.41. The maximum atomic E-state index is 8.97. The quantitative estimate of drug-likeness (QED) is 0.543. The minimum Gasteiger partial charge on any atom is -0.497 e. The molecule has 2 N–H and O–H groups in total. The zero-order chi connectivity index (χ0) is 19.9. The van der Waals surface area contributed by atoms with E-state index in [1.54, 1.807) is 14.2 Å². The third kappa shape index (κ3) is 4.60. The van der Waals surface area contributed by atoms with Gasteiger partial charge in [0.2, 0.25) is 0 Å². The monoisotopic (exact) mass is 376 g/mol. The molecule has 0 amide bonds. The van der Waals surface area contributed by atoms with E-state index in [0.29, 0.717) is 0 Å². The summed E-state index contributed by atoms with van der Waals surface area (Å²) >= 11 is 0. The van der Waals surface area contributed by atoms with Crippen molar-refractivity contribution in [3.05, 3.63) is 83.9 Å². The summed E-state index contributed by atoms with van der Waals surface area (Å²) < 4.78 is 10.3. The fraction of sp³-hybridized carbons (Fsp3) is 0.167. The van der Waals surface area contributed by atoms with Crippen LogP contribution in [0.5, 0.6) is 11.5 Å². The van der Waals surface area contributed by atoms with Crippen LogP contribution in [0, 0.1) is 0 Å². The first-order valence-electron chi connectivity index (χ1n) is 9.02. The maximum Gasteiger partial charge on any atom is 0.119 e. The lowest BCUT2D eigenvalue weighted by Crippen LogP contribution is -1.85. The molecule has 0 heterocycles. The summed E-state index contributed by atoms with van der Waals surface area (Å²) in [6, 6.07) is 23.6. The number of fused-ring (bicyclic) bond motifs is 2. The molecule has 4 aromatic rings. The molecular formula is C24H24O4. The molecule has 0 unspecified atom stereocenters.